The molecule has 8 aromatic carbocycles. The Kier molecular flexibility index (Phi) is 6.11. The zero-order valence-electron chi connectivity index (χ0n) is 29.5. The van der Waals surface area contributed by atoms with E-state index in [0.29, 0.717) is 0 Å². The van der Waals surface area contributed by atoms with Crippen LogP contribution in [0.3, 0.4) is 0 Å². The fourth-order valence-electron chi connectivity index (χ4n) is 11.8. The molecule has 0 amide bonds. The van der Waals surface area contributed by atoms with Gasteiger partial charge in [-0.15, -0.1) is 0 Å². The second kappa shape index (κ2) is 10.8. The molecule has 0 saturated carbocycles. The van der Waals surface area contributed by atoms with E-state index in [4.69, 9.17) is 0 Å². The van der Waals surface area contributed by atoms with Crippen LogP contribution >= 0.6 is 0 Å². The molecule has 0 radical (unpaired) electrons. The Morgan fingerprint density at radius 1 is 0.308 bits per heavy atom. The summed E-state index contributed by atoms with van der Waals surface area (Å²) in [7, 11) is -3.29. The van der Waals surface area contributed by atoms with Crippen LogP contribution in [0.4, 0.5) is 0 Å². The summed E-state index contributed by atoms with van der Waals surface area (Å²) in [6.07, 6.45) is 5.53. The quantitative estimate of drug-likeness (QED) is 0.125. The summed E-state index contributed by atoms with van der Waals surface area (Å²) in [5, 5.41) is 14.8. The molecule has 4 aliphatic rings. The largest absolute Gasteiger partial charge is 0.119 e. The monoisotopic (exact) mass is 696 g/mol. The molecule has 52 heavy (non-hydrogen) atoms. The molecule has 0 aliphatic carbocycles. The first-order chi connectivity index (χ1) is 25.7. The van der Waals surface area contributed by atoms with Crippen LogP contribution in [0.2, 0.25) is 24.2 Å². The first-order valence-corrected chi connectivity index (χ1v) is 24.4. The van der Waals surface area contributed by atoms with Gasteiger partial charge in [0.15, 0.2) is 0 Å². The van der Waals surface area contributed by atoms with E-state index in [0.717, 1.165) is 0 Å². The van der Waals surface area contributed by atoms with E-state index in [1.807, 2.05) is 0 Å². The van der Waals surface area contributed by atoms with Gasteiger partial charge in [-0.25, -0.2) is 0 Å². The zero-order valence-corrected chi connectivity index (χ0v) is 31.5. The van der Waals surface area contributed by atoms with Crippen LogP contribution in [0.5, 0.6) is 0 Å². The van der Waals surface area contributed by atoms with Crippen molar-refractivity contribution in [2.24, 2.45) is 0 Å². The number of rotatable bonds is 2. The van der Waals surface area contributed by atoms with Gasteiger partial charge in [0.05, 0.1) is 0 Å². The summed E-state index contributed by atoms with van der Waals surface area (Å²) < 4.78 is 0. The van der Waals surface area contributed by atoms with Crippen LogP contribution in [0.15, 0.2) is 146 Å². The highest BCUT2D eigenvalue weighted by atomic mass is 28.3. The summed E-state index contributed by atoms with van der Waals surface area (Å²) in [4.78, 5) is 0. The maximum atomic E-state index is 2.56. The van der Waals surface area contributed by atoms with Crippen LogP contribution in [0, 0.1) is 0 Å². The van der Waals surface area contributed by atoms with Gasteiger partial charge in [0.2, 0.25) is 0 Å². The van der Waals surface area contributed by atoms with E-state index >= 15 is 0 Å². The minimum absolute atomic E-state index is 1.33. The molecule has 4 heterocycles. The molecule has 0 nitrogen and oxygen atoms in total. The molecule has 4 aliphatic heterocycles. The van der Waals surface area contributed by atoms with Crippen LogP contribution in [-0.4, -0.2) is 16.1 Å². The van der Waals surface area contributed by atoms with Gasteiger partial charge in [-0.05, 0) is 146 Å². The highest BCUT2D eigenvalue weighted by Crippen LogP contribution is 2.46. The fraction of sp³-hybridized carbons (Fsp3) is 0.160. The molecule has 2 spiro atoms. The van der Waals surface area contributed by atoms with Crippen molar-refractivity contribution in [2.45, 2.75) is 49.9 Å². The third-order valence-corrected chi connectivity index (χ3v) is 24.6. The Morgan fingerprint density at radius 3 is 1.15 bits per heavy atom. The molecule has 0 bridgehead atoms. The van der Waals surface area contributed by atoms with Gasteiger partial charge in [0.25, 0.3) is 0 Å². The lowest BCUT2D eigenvalue weighted by molar-refractivity contribution is 0.935. The van der Waals surface area contributed by atoms with Crippen LogP contribution in [0.25, 0.3) is 76.8 Å². The average Bonchev–Trinajstić information content (AvgIpc) is 4.01. The number of benzene rings is 8. The molecule has 8 aromatic rings. The second-order valence-corrected chi connectivity index (χ2v) is 24.7. The number of hydrogen-bond acceptors (Lipinski definition) is 0. The molecule has 248 valence electrons. The van der Waals surface area contributed by atoms with E-state index in [2.05, 4.69) is 146 Å². The van der Waals surface area contributed by atoms with Gasteiger partial charge in [-0.2, -0.15) is 0 Å². The second-order valence-electron chi connectivity index (χ2n) is 16.2. The highest BCUT2D eigenvalue weighted by Gasteiger charge is 2.48. The van der Waals surface area contributed by atoms with Crippen molar-refractivity contribution in [3.63, 3.8) is 0 Å². The molecule has 0 unspecified atom stereocenters. The zero-order chi connectivity index (χ0) is 34.0. The first kappa shape index (κ1) is 29.5. The maximum absolute atomic E-state index is 2.56. The Morgan fingerprint density at radius 2 is 0.692 bits per heavy atom. The average molecular weight is 697 g/mol. The van der Waals surface area contributed by atoms with E-state index in [1.165, 1.54) is 127 Å². The van der Waals surface area contributed by atoms with Crippen LogP contribution in [0.1, 0.15) is 25.7 Å². The molecule has 2 fully saturated rings. The van der Waals surface area contributed by atoms with Crippen molar-refractivity contribution in [3.05, 3.63) is 146 Å². The van der Waals surface area contributed by atoms with E-state index in [1.54, 1.807) is 20.7 Å². The minimum atomic E-state index is -1.65. The topological polar surface area (TPSA) is 0 Å². The molecule has 2 heteroatoms. The first-order valence-electron chi connectivity index (χ1n) is 19.6. The molecule has 0 aromatic heterocycles. The third-order valence-electron chi connectivity index (χ3n) is 13.9. The van der Waals surface area contributed by atoms with Crippen molar-refractivity contribution in [1.29, 1.82) is 0 Å². The summed E-state index contributed by atoms with van der Waals surface area (Å²) >= 11 is 0. The summed E-state index contributed by atoms with van der Waals surface area (Å²) in [5.74, 6) is 0. The van der Waals surface area contributed by atoms with Crippen molar-refractivity contribution in [3.8, 4) is 44.5 Å². The van der Waals surface area contributed by atoms with Gasteiger partial charge >= 0.3 is 0 Å². The van der Waals surface area contributed by atoms with Crippen LogP contribution < -0.4 is 20.7 Å². The molecule has 0 atom stereocenters. The van der Waals surface area contributed by atoms with Gasteiger partial charge in [0, 0.05) is 0 Å². The fourth-order valence-corrected chi connectivity index (χ4v) is 23.0. The van der Waals surface area contributed by atoms with Gasteiger partial charge in [0.1, 0.15) is 16.1 Å². The maximum Gasteiger partial charge on any atom is 0.119 e. The lowest BCUT2D eigenvalue weighted by atomic mass is 9.87. The molecule has 0 N–H and O–H groups in total. The molecule has 12 rings (SSSR count). The van der Waals surface area contributed by atoms with Gasteiger partial charge < -0.3 is 0 Å². The summed E-state index contributed by atoms with van der Waals surface area (Å²) in [6, 6.07) is 62.9. The molecular formula is C50H40Si2. The van der Waals surface area contributed by atoms with Gasteiger partial charge in [-0.1, -0.05) is 147 Å². The highest BCUT2D eigenvalue weighted by molar-refractivity contribution is 7.06. The van der Waals surface area contributed by atoms with Crippen molar-refractivity contribution >= 4 is 69.2 Å². The third kappa shape index (κ3) is 3.82. The molecule has 2 saturated heterocycles. The predicted octanol–water partition coefficient (Wildman–Crippen LogP) is 11.2. The lowest BCUT2D eigenvalue weighted by Gasteiger charge is -2.24. The summed E-state index contributed by atoms with van der Waals surface area (Å²) in [6.45, 7) is 0. The van der Waals surface area contributed by atoms with Crippen LogP contribution in [-0.2, 0) is 0 Å². The number of fused-ring (bicyclic) bond motifs is 15. The van der Waals surface area contributed by atoms with Crippen molar-refractivity contribution in [1.82, 2.24) is 0 Å². The lowest BCUT2D eigenvalue weighted by Crippen LogP contribution is -2.52. The standard InChI is InChI=1S/C50H40Si2/c1-3-17-40-36(13-1)42(33-21-23-48-44(29-33)38-15-5-7-19-46(38)51(48)25-9-10-26-51)31-35-32-43(37-14-2-4-18-41(37)50(35)40)34-22-24-49-45(30-34)39-16-6-8-20-47(39)52(49)27-11-12-28-52/h1-8,13-24,29-32H,9-12,25-28H2. The summed E-state index contributed by atoms with van der Waals surface area (Å²) in [5.41, 5.74) is 11.4. The predicted molar refractivity (Wildman–Crippen MR) is 228 cm³/mol. The van der Waals surface area contributed by atoms with Crippen molar-refractivity contribution < 1.29 is 0 Å². The van der Waals surface area contributed by atoms with Gasteiger partial charge in [-0.3, -0.25) is 0 Å². The van der Waals surface area contributed by atoms with E-state index in [9.17, 15) is 0 Å². The Hall–Kier alpha value is -5.03. The minimum Gasteiger partial charge on any atom is -0.0623 e. The van der Waals surface area contributed by atoms with E-state index in [-0.39, 0.29) is 0 Å². The van der Waals surface area contributed by atoms with Crippen molar-refractivity contribution in [2.75, 3.05) is 0 Å². The van der Waals surface area contributed by atoms with E-state index < -0.39 is 16.1 Å². The Labute approximate surface area is 307 Å². The normalized spacial score (nSPS) is 17.3. The smallest absolute Gasteiger partial charge is 0.0623 e. The molecular weight excluding hydrogens is 657 g/mol. The SMILES string of the molecule is c1ccc2c(c1)-c1cc(-c3cc4cc(-c5ccc6c(c5)-c5ccccc5[Si]65CCCC5)c5ccccc5c4c4ccccc34)ccc1[Si]21CCCC1. The number of hydrogen-bond donors (Lipinski definition) is 0. The Bertz CT molecular complexity index is 2620. The Balaban J connectivity index is 1.09.